The van der Waals surface area contributed by atoms with E-state index in [1.54, 1.807) is 18.9 Å². The summed E-state index contributed by atoms with van der Waals surface area (Å²) in [7, 11) is 1.70. The lowest BCUT2D eigenvalue weighted by molar-refractivity contribution is -0.149. The van der Waals surface area contributed by atoms with Crippen molar-refractivity contribution in [1.29, 1.82) is 0 Å². The largest absolute Gasteiger partial charge is 0.358 e. The van der Waals surface area contributed by atoms with Crippen LogP contribution in [0.3, 0.4) is 0 Å². The van der Waals surface area contributed by atoms with Crippen molar-refractivity contribution in [2.24, 2.45) is 5.92 Å². The number of likely N-dealkylation sites (N-methyl/N-ethyl adjacent to an activating group) is 1. The molecule has 0 spiro atoms. The fourth-order valence-electron chi connectivity index (χ4n) is 5.41. The number of hydrogen-bond donors (Lipinski definition) is 3. The molecule has 180 valence electrons. The second kappa shape index (κ2) is 10.2. The number of carbonyl (C=O) groups excluding carboxylic acids is 3. The van der Waals surface area contributed by atoms with Crippen LogP contribution in [0.4, 0.5) is 0 Å². The fourth-order valence-corrected chi connectivity index (χ4v) is 5.41. The Bertz CT molecular complexity index is 891. The molecule has 3 aliphatic rings. The summed E-state index contributed by atoms with van der Waals surface area (Å²) in [5.74, 6) is -0.573. The second-order valence-electron chi connectivity index (χ2n) is 9.43. The zero-order valence-corrected chi connectivity index (χ0v) is 19.8. The molecule has 2 fully saturated rings. The molecule has 2 heterocycles. The molecule has 4 rings (SSSR count). The van der Waals surface area contributed by atoms with E-state index in [0.717, 1.165) is 25.7 Å². The molecule has 2 aliphatic heterocycles. The lowest BCUT2D eigenvalue weighted by atomic mass is 9.87. The highest BCUT2D eigenvalue weighted by molar-refractivity contribution is 5.94. The van der Waals surface area contributed by atoms with Crippen molar-refractivity contribution in [1.82, 2.24) is 20.9 Å². The van der Waals surface area contributed by atoms with E-state index in [1.165, 1.54) is 11.1 Å². The molecule has 0 radical (unpaired) electrons. The minimum absolute atomic E-state index is 0.0171. The van der Waals surface area contributed by atoms with Crippen LogP contribution in [-0.2, 0) is 25.5 Å². The molecule has 0 saturated carbocycles. The third kappa shape index (κ3) is 4.77. The van der Waals surface area contributed by atoms with Crippen molar-refractivity contribution in [3.05, 3.63) is 35.4 Å². The number of nitrogens with one attached hydrogen (secondary N) is 3. The average molecular weight is 457 g/mol. The van der Waals surface area contributed by atoms with Crippen LogP contribution < -0.4 is 16.0 Å². The van der Waals surface area contributed by atoms with Crippen LogP contribution in [0.25, 0.3) is 0 Å². The highest BCUT2D eigenvalue weighted by atomic mass is 16.5. The molecular weight excluding hydrogens is 420 g/mol. The van der Waals surface area contributed by atoms with Crippen LogP contribution in [-0.4, -0.2) is 60.6 Å². The monoisotopic (exact) mass is 456 g/mol. The van der Waals surface area contributed by atoms with E-state index in [4.69, 9.17) is 4.74 Å². The lowest BCUT2D eigenvalue weighted by Crippen LogP contribution is -2.57. The quantitative estimate of drug-likeness (QED) is 0.605. The highest BCUT2D eigenvalue weighted by Gasteiger charge is 2.50. The Morgan fingerprint density at radius 1 is 1.18 bits per heavy atom. The summed E-state index contributed by atoms with van der Waals surface area (Å²) in [6.07, 6.45) is 4.31. The van der Waals surface area contributed by atoms with E-state index in [0.29, 0.717) is 19.4 Å². The number of ether oxygens (including phenoxy) is 1. The number of nitrogens with zero attached hydrogens (tertiary/aromatic N) is 1. The Morgan fingerprint density at radius 3 is 2.73 bits per heavy atom. The van der Waals surface area contributed by atoms with E-state index in [9.17, 15) is 14.4 Å². The topological polar surface area (TPSA) is 99.8 Å². The minimum atomic E-state index is -0.695. The first-order valence-electron chi connectivity index (χ1n) is 12.2. The Kier molecular flexibility index (Phi) is 7.34. The first kappa shape index (κ1) is 23.7. The first-order valence-corrected chi connectivity index (χ1v) is 12.2. The summed E-state index contributed by atoms with van der Waals surface area (Å²) in [5, 5.41) is 9.00. The maximum absolute atomic E-state index is 13.6. The van der Waals surface area contributed by atoms with Gasteiger partial charge in [0.05, 0.1) is 18.7 Å². The van der Waals surface area contributed by atoms with Gasteiger partial charge in [0.2, 0.25) is 17.7 Å². The van der Waals surface area contributed by atoms with Gasteiger partial charge in [-0.05, 0) is 56.7 Å². The molecule has 1 aliphatic carbocycles. The Labute approximate surface area is 195 Å². The van der Waals surface area contributed by atoms with Crippen molar-refractivity contribution >= 4 is 17.7 Å². The number of aryl methyl sites for hydroxylation is 1. The van der Waals surface area contributed by atoms with E-state index < -0.39 is 24.4 Å². The van der Waals surface area contributed by atoms with E-state index in [1.807, 2.05) is 19.1 Å². The molecule has 8 heteroatoms. The van der Waals surface area contributed by atoms with Crippen LogP contribution in [0.5, 0.6) is 0 Å². The molecule has 3 unspecified atom stereocenters. The summed E-state index contributed by atoms with van der Waals surface area (Å²) in [6, 6.07) is 6.51. The molecule has 0 aromatic heterocycles. The molecule has 8 nitrogen and oxygen atoms in total. The normalized spacial score (nSPS) is 30.1. The van der Waals surface area contributed by atoms with Gasteiger partial charge in [0.25, 0.3) is 0 Å². The van der Waals surface area contributed by atoms with Gasteiger partial charge >= 0.3 is 0 Å². The highest BCUT2D eigenvalue weighted by Crippen LogP contribution is 2.37. The van der Waals surface area contributed by atoms with Crippen LogP contribution >= 0.6 is 0 Å². The van der Waals surface area contributed by atoms with Gasteiger partial charge in [0.15, 0.2) is 0 Å². The zero-order chi connectivity index (χ0) is 23.5. The third-order valence-electron chi connectivity index (χ3n) is 7.45. The number of benzene rings is 1. The molecule has 1 aromatic rings. The van der Waals surface area contributed by atoms with Crippen molar-refractivity contribution in [3.8, 4) is 0 Å². The summed E-state index contributed by atoms with van der Waals surface area (Å²) >= 11 is 0. The number of amides is 3. The Balaban J connectivity index is 1.54. The smallest absolute Gasteiger partial charge is 0.247 e. The summed E-state index contributed by atoms with van der Waals surface area (Å²) in [6.45, 7) is 4.16. The van der Waals surface area contributed by atoms with Gasteiger partial charge in [-0.1, -0.05) is 37.6 Å². The summed E-state index contributed by atoms with van der Waals surface area (Å²) in [5.41, 5.74) is 2.45. The first-order chi connectivity index (χ1) is 15.9. The number of rotatable bonds is 6. The van der Waals surface area contributed by atoms with Crippen molar-refractivity contribution < 1.29 is 19.1 Å². The zero-order valence-electron chi connectivity index (χ0n) is 19.8. The Hall–Kier alpha value is -2.45. The van der Waals surface area contributed by atoms with E-state index in [-0.39, 0.29) is 29.7 Å². The average Bonchev–Trinajstić information content (AvgIpc) is 3.14. The molecular formula is C25H36N4O4. The number of hydrogen-bond acceptors (Lipinski definition) is 5. The molecule has 1 aromatic carbocycles. The van der Waals surface area contributed by atoms with Gasteiger partial charge in [-0.3, -0.25) is 14.4 Å². The van der Waals surface area contributed by atoms with Gasteiger partial charge in [0, 0.05) is 6.42 Å². The minimum Gasteiger partial charge on any atom is -0.358 e. The molecule has 0 bridgehead atoms. The Morgan fingerprint density at radius 2 is 1.97 bits per heavy atom. The molecule has 3 N–H and O–H groups in total. The standard InChI is InChI=1S/C25H36N4O4/c1-4-16-14-21-29(25(32)20(12-13-33-21)28-23(30)15(2)26-3)22(16)24(31)27-19-11-7-9-17-8-5-6-10-18(17)19/h5-6,8,10,15-16,19-22,26H,4,7,9,11-14H2,1-3H3,(H,27,31)(H,28,30)/t15-,16?,19+,20-,21?,22?/m0/s1. The molecule has 2 saturated heterocycles. The maximum atomic E-state index is 13.6. The molecule has 3 amide bonds. The van der Waals surface area contributed by atoms with Crippen LogP contribution in [0.2, 0.25) is 0 Å². The van der Waals surface area contributed by atoms with E-state index in [2.05, 4.69) is 28.1 Å². The van der Waals surface area contributed by atoms with Gasteiger partial charge < -0.3 is 25.6 Å². The number of fused-ring (bicyclic) bond motifs is 2. The van der Waals surface area contributed by atoms with Crippen molar-refractivity contribution in [2.45, 2.75) is 82.8 Å². The van der Waals surface area contributed by atoms with Crippen LogP contribution in [0.15, 0.2) is 24.3 Å². The fraction of sp³-hybridized carbons (Fsp3) is 0.640. The van der Waals surface area contributed by atoms with E-state index >= 15 is 0 Å². The van der Waals surface area contributed by atoms with Crippen molar-refractivity contribution in [3.63, 3.8) is 0 Å². The summed E-state index contributed by atoms with van der Waals surface area (Å²) in [4.78, 5) is 41.3. The molecule has 6 atom stereocenters. The maximum Gasteiger partial charge on any atom is 0.247 e. The van der Waals surface area contributed by atoms with Gasteiger partial charge in [-0.25, -0.2) is 0 Å². The van der Waals surface area contributed by atoms with Crippen LogP contribution in [0.1, 0.15) is 63.1 Å². The number of carbonyl (C=O) groups is 3. The summed E-state index contributed by atoms with van der Waals surface area (Å²) < 4.78 is 6.01. The predicted octanol–water partition coefficient (Wildman–Crippen LogP) is 1.65. The second-order valence-corrected chi connectivity index (χ2v) is 9.43. The SMILES string of the molecule is CCC1CC2OCC[C@H](NC(=O)[C@H](C)NC)C(=O)N2C1C(=O)N[C@@H]1CCCc2ccccc21. The third-order valence-corrected chi connectivity index (χ3v) is 7.45. The molecule has 33 heavy (non-hydrogen) atoms. The van der Waals surface area contributed by atoms with Crippen LogP contribution in [0, 0.1) is 5.92 Å². The predicted molar refractivity (Wildman–Crippen MR) is 124 cm³/mol. The lowest BCUT2D eigenvalue weighted by Gasteiger charge is -2.33. The van der Waals surface area contributed by atoms with Gasteiger partial charge in [0.1, 0.15) is 18.3 Å². The van der Waals surface area contributed by atoms with Crippen molar-refractivity contribution in [2.75, 3.05) is 13.7 Å². The van der Waals surface area contributed by atoms with Gasteiger partial charge in [-0.15, -0.1) is 0 Å². The van der Waals surface area contributed by atoms with Gasteiger partial charge in [-0.2, -0.15) is 0 Å².